The Kier molecular flexibility index (Phi) is 17.5. The molecule has 2 atom stereocenters. The van der Waals surface area contributed by atoms with Crippen LogP contribution in [0.1, 0.15) is 110 Å². The fourth-order valence-electron chi connectivity index (χ4n) is 2.81. The average Bonchev–Trinajstić information content (AvgIpc) is 2.47. The molecule has 0 radical (unpaired) electrons. The Morgan fingerprint density at radius 3 is 1.50 bits per heavy atom. The molecule has 0 bridgehead atoms. The Morgan fingerprint density at radius 1 is 0.773 bits per heavy atom. The summed E-state index contributed by atoms with van der Waals surface area (Å²) >= 11 is -2.11. The van der Waals surface area contributed by atoms with Gasteiger partial charge in [0.05, 0.1) is 6.10 Å². The van der Waals surface area contributed by atoms with E-state index in [2.05, 4.69) is 6.92 Å². The maximum absolute atomic E-state index is 10.4. The molecular formula is C18H38O3S. The summed E-state index contributed by atoms with van der Waals surface area (Å²) < 4.78 is 23.8. The predicted octanol–water partition coefficient (Wildman–Crippen LogP) is 6.40. The minimum atomic E-state index is -2.11. The second kappa shape index (κ2) is 17.4. The molecule has 4 heteroatoms. The quantitative estimate of drug-likeness (QED) is 0.247. The summed E-state index contributed by atoms with van der Waals surface area (Å²) in [6, 6.07) is 0. The summed E-state index contributed by atoms with van der Waals surface area (Å²) in [6.45, 7) is 4.13. The van der Waals surface area contributed by atoms with Crippen LogP contribution < -0.4 is 0 Å². The standard InChI is InChI=1S/C18H38O3S/c1-3-4-5-6-7-8-9-10-11-12-13-14-15-16-17-18(2)21-22(19)20/h18H,3-17H2,1-2H3,(H,19,20). The highest BCUT2D eigenvalue weighted by Crippen LogP contribution is 2.14. The molecular weight excluding hydrogens is 296 g/mol. The SMILES string of the molecule is CCCCCCCCCCCCCCCCC(C)OS(=O)O. The summed E-state index contributed by atoms with van der Waals surface area (Å²) in [5.74, 6) is 0. The highest BCUT2D eigenvalue weighted by Gasteiger charge is 2.05. The lowest BCUT2D eigenvalue weighted by Gasteiger charge is -2.08. The maximum Gasteiger partial charge on any atom is 0.302 e. The van der Waals surface area contributed by atoms with Crippen LogP contribution in [0.15, 0.2) is 0 Å². The number of unbranched alkanes of at least 4 members (excludes halogenated alkanes) is 13. The van der Waals surface area contributed by atoms with E-state index in [4.69, 9.17) is 8.74 Å². The second-order valence-electron chi connectivity index (χ2n) is 6.51. The van der Waals surface area contributed by atoms with Crippen molar-refractivity contribution in [1.29, 1.82) is 0 Å². The van der Waals surface area contributed by atoms with Crippen LogP contribution in [-0.2, 0) is 15.5 Å². The molecule has 0 amide bonds. The van der Waals surface area contributed by atoms with E-state index in [1.54, 1.807) is 0 Å². The van der Waals surface area contributed by atoms with Crippen LogP contribution >= 0.6 is 0 Å². The Labute approximate surface area is 141 Å². The van der Waals surface area contributed by atoms with Crippen molar-refractivity contribution in [3.8, 4) is 0 Å². The molecule has 2 unspecified atom stereocenters. The van der Waals surface area contributed by atoms with Crippen molar-refractivity contribution in [3.05, 3.63) is 0 Å². The number of hydrogen-bond acceptors (Lipinski definition) is 2. The van der Waals surface area contributed by atoms with Gasteiger partial charge in [-0.3, -0.25) is 8.74 Å². The van der Waals surface area contributed by atoms with E-state index in [-0.39, 0.29) is 6.10 Å². The molecule has 0 aromatic heterocycles. The van der Waals surface area contributed by atoms with E-state index in [1.165, 1.54) is 83.5 Å². The first kappa shape index (κ1) is 22.1. The van der Waals surface area contributed by atoms with Gasteiger partial charge in [0.25, 0.3) is 0 Å². The molecule has 0 spiro atoms. The second-order valence-corrected chi connectivity index (χ2v) is 7.14. The van der Waals surface area contributed by atoms with Crippen molar-refractivity contribution < 1.29 is 12.9 Å². The number of rotatable bonds is 17. The van der Waals surface area contributed by atoms with Gasteiger partial charge in [0.15, 0.2) is 0 Å². The third-order valence-corrected chi connectivity index (χ3v) is 4.70. The van der Waals surface area contributed by atoms with E-state index in [0.29, 0.717) is 0 Å². The molecule has 134 valence electrons. The van der Waals surface area contributed by atoms with Gasteiger partial charge in [-0.2, -0.15) is 4.21 Å². The van der Waals surface area contributed by atoms with Crippen LogP contribution in [0.25, 0.3) is 0 Å². The lowest BCUT2D eigenvalue weighted by Crippen LogP contribution is -2.09. The molecule has 0 aliphatic heterocycles. The molecule has 0 saturated heterocycles. The third kappa shape index (κ3) is 18.1. The molecule has 1 N–H and O–H groups in total. The summed E-state index contributed by atoms with van der Waals surface area (Å²) in [6.07, 6.45) is 19.7. The molecule has 0 rings (SSSR count). The molecule has 22 heavy (non-hydrogen) atoms. The topological polar surface area (TPSA) is 46.5 Å². The van der Waals surface area contributed by atoms with Crippen molar-refractivity contribution in [2.24, 2.45) is 0 Å². The molecule has 0 aromatic carbocycles. The van der Waals surface area contributed by atoms with Gasteiger partial charge in [-0.15, -0.1) is 0 Å². The first-order chi connectivity index (χ1) is 10.7. The highest BCUT2D eigenvalue weighted by atomic mass is 32.2. The van der Waals surface area contributed by atoms with Gasteiger partial charge in [0.2, 0.25) is 0 Å². The Hall–Kier alpha value is 0.0700. The van der Waals surface area contributed by atoms with Crippen molar-refractivity contribution in [2.45, 2.75) is 116 Å². The Bertz CT molecular complexity index is 246. The lowest BCUT2D eigenvalue weighted by molar-refractivity contribution is 0.208. The van der Waals surface area contributed by atoms with Gasteiger partial charge in [-0.05, 0) is 13.3 Å². The minimum Gasteiger partial charge on any atom is -0.284 e. The third-order valence-electron chi connectivity index (χ3n) is 4.21. The molecule has 0 saturated carbocycles. The lowest BCUT2D eigenvalue weighted by atomic mass is 10.0. The van der Waals surface area contributed by atoms with Gasteiger partial charge in [0, 0.05) is 0 Å². The highest BCUT2D eigenvalue weighted by molar-refractivity contribution is 7.74. The van der Waals surface area contributed by atoms with E-state index < -0.39 is 11.4 Å². The molecule has 0 aliphatic rings. The largest absolute Gasteiger partial charge is 0.302 e. The monoisotopic (exact) mass is 334 g/mol. The Morgan fingerprint density at radius 2 is 1.14 bits per heavy atom. The zero-order valence-electron chi connectivity index (χ0n) is 14.9. The van der Waals surface area contributed by atoms with Crippen molar-refractivity contribution in [3.63, 3.8) is 0 Å². The summed E-state index contributed by atoms with van der Waals surface area (Å²) in [5, 5.41) is 0. The normalized spacial score (nSPS) is 14.1. The van der Waals surface area contributed by atoms with Gasteiger partial charge < -0.3 is 0 Å². The van der Waals surface area contributed by atoms with E-state index in [9.17, 15) is 4.21 Å². The molecule has 0 heterocycles. The first-order valence-corrected chi connectivity index (χ1v) is 10.5. The summed E-state index contributed by atoms with van der Waals surface area (Å²) in [7, 11) is 0. The van der Waals surface area contributed by atoms with Crippen LogP contribution in [-0.4, -0.2) is 14.9 Å². The van der Waals surface area contributed by atoms with Crippen LogP contribution in [0.2, 0.25) is 0 Å². The first-order valence-electron chi connectivity index (χ1n) is 9.44. The van der Waals surface area contributed by atoms with Crippen LogP contribution in [0.5, 0.6) is 0 Å². The minimum absolute atomic E-state index is 0.108. The van der Waals surface area contributed by atoms with Crippen LogP contribution in [0.4, 0.5) is 0 Å². The average molecular weight is 335 g/mol. The summed E-state index contributed by atoms with van der Waals surface area (Å²) in [5.41, 5.74) is 0. The van der Waals surface area contributed by atoms with Crippen molar-refractivity contribution >= 4 is 11.4 Å². The molecule has 0 aliphatic carbocycles. The zero-order valence-corrected chi connectivity index (χ0v) is 15.7. The van der Waals surface area contributed by atoms with Gasteiger partial charge in [-0.25, -0.2) is 0 Å². The maximum atomic E-state index is 10.4. The van der Waals surface area contributed by atoms with E-state index in [1.807, 2.05) is 6.92 Å². The fourth-order valence-corrected chi connectivity index (χ4v) is 3.19. The molecule has 3 nitrogen and oxygen atoms in total. The zero-order chi connectivity index (χ0) is 16.5. The van der Waals surface area contributed by atoms with Crippen molar-refractivity contribution in [1.82, 2.24) is 0 Å². The van der Waals surface area contributed by atoms with E-state index in [0.717, 1.165) is 12.8 Å². The molecule has 0 fully saturated rings. The Balaban J connectivity index is 3.07. The van der Waals surface area contributed by atoms with Gasteiger partial charge in [0.1, 0.15) is 0 Å². The number of hydrogen-bond donors (Lipinski definition) is 1. The fraction of sp³-hybridized carbons (Fsp3) is 1.00. The summed E-state index contributed by atoms with van der Waals surface area (Å²) in [4.78, 5) is 0. The van der Waals surface area contributed by atoms with Gasteiger partial charge >= 0.3 is 11.4 Å². The van der Waals surface area contributed by atoms with Crippen molar-refractivity contribution in [2.75, 3.05) is 0 Å². The van der Waals surface area contributed by atoms with E-state index >= 15 is 0 Å². The van der Waals surface area contributed by atoms with Gasteiger partial charge in [-0.1, -0.05) is 96.8 Å². The predicted molar refractivity (Wildman–Crippen MR) is 96.2 cm³/mol. The van der Waals surface area contributed by atoms with Crippen LogP contribution in [0, 0.1) is 0 Å². The molecule has 0 aromatic rings. The smallest absolute Gasteiger partial charge is 0.284 e. The van der Waals surface area contributed by atoms with Crippen LogP contribution in [0.3, 0.4) is 0 Å².